The number of carbonyl (C=O) groups is 3. The Kier molecular flexibility index (Phi) is 6.63. The van der Waals surface area contributed by atoms with E-state index in [1.807, 2.05) is 30.5 Å². The van der Waals surface area contributed by atoms with Gasteiger partial charge < -0.3 is 15.0 Å². The highest BCUT2D eigenvalue weighted by molar-refractivity contribution is 5.97. The van der Waals surface area contributed by atoms with Crippen LogP contribution in [0.1, 0.15) is 30.1 Å². The number of hydrogen-bond donors (Lipinski definition) is 3. The Morgan fingerprint density at radius 1 is 1.03 bits per heavy atom. The molecule has 7 heteroatoms. The quantitative estimate of drug-likeness (QED) is 0.537. The van der Waals surface area contributed by atoms with Gasteiger partial charge in [-0.05, 0) is 24.5 Å². The van der Waals surface area contributed by atoms with Crippen molar-refractivity contribution in [2.75, 3.05) is 7.05 Å². The minimum atomic E-state index is -1.19. The van der Waals surface area contributed by atoms with E-state index in [1.54, 1.807) is 30.3 Å². The maximum absolute atomic E-state index is 12.4. The molecule has 0 saturated carbocycles. The number of amides is 3. The minimum absolute atomic E-state index is 0.163. The average Bonchev–Trinajstić information content (AvgIpc) is 3.15. The van der Waals surface area contributed by atoms with E-state index in [-0.39, 0.29) is 6.42 Å². The van der Waals surface area contributed by atoms with E-state index in [0.29, 0.717) is 18.4 Å². The molecule has 0 radical (unpaired) electrons. The molecule has 1 aromatic heterocycles. The van der Waals surface area contributed by atoms with Crippen molar-refractivity contribution in [1.29, 1.82) is 0 Å². The summed E-state index contributed by atoms with van der Waals surface area (Å²) in [6.45, 7) is 0. The first kappa shape index (κ1) is 20.1. The highest BCUT2D eigenvalue weighted by atomic mass is 16.5. The molecule has 0 spiro atoms. The van der Waals surface area contributed by atoms with Crippen molar-refractivity contribution < 1.29 is 19.1 Å². The summed E-state index contributed by atoms with van der Waals surface area (Å²) in [6, 6.07) is 15.9. The monoisotopic (exact) mass is 393 g/mol. The summed E-state index contributed by atoms with van der Waals surface area (Å²) >= 11 is 0. The molecule has 7 nitrogen and oxygen atoms in total. The average molecular weight is 393 g/mol. The second-order valence-electron chi connectivity index (χ2n) is 6.56. The van der Waals surface area contributed by atoms with Gasteiger partial charge in [-0.15, -0.1) is 0 Å². The van der Waals surface area contributed by atoms with Gasteiger partial charge in [0.25, 0.3) is 5.91 Å². The zero-order valence-electron chi connectivity index (χ0n) is 16.1. The lowest BCUT2D eigenvalue weighted by atomic mass is 10.1. The number of esters is 1. The minimum Gasteiger partial charge on any atom is -0.447 e. The normalized spacial score (nSPS) is 11.6. The van der Waals surface area contributed by atoms with Gasteiger partial charge in [-0.2, -0.15) is 0 Å². The van der Waals surface area contributed by atoms with Crippen LogP contribution in [-0.4, -0.2) is 29.9 Å². The summed E-state index contributed by atoms with van der Waals surface area (Å²) in [7, 11) is 1.40. The molecular weight excluding hydrogens is 370 g/mol. The summed E-state index contributed by atoms with van der Waals surface area (Å²) < 4.78 is 5.41. The van der Waals surface area contributed by atoms with Gasteiger partial charge >= 0.3 is 12.0 Å². The fourth-order valence-corrected chi connectivity index (χ4v) is 3.09. The Balaban J connectivity index is 1.60. The van der Waals surface area contributed by atoms with Crippen molar-refractivity contribution in [1.82, 2.24) is 15.6 Å². The number of aryl methyl sites for hydroxylation is 1. The first-order valence-electron chi connectivity index (χ1n) is 9.40. The topological polar surface area (TPSA) is 100 Å². The Bertz CT molecular complexity index is 997. The maximum Gasteiger partial charge on any atom is 0.321 e. The third-order valence-electron chi connectivity index (χ3n) is 4.56. The Morgan fingerprint density at radius 3 is 2.52 bits per heavy atom. The van der Waals surface area contributed by atoms with E-state index in [1.165, 1.54) is 7.05 Å². The summed E-state index contributed by atoms with van der Waals surface area (Å²) in [5.41, 5.74) is 2.68. The molecule has 0 unspecified atom stereocenters. The van der Waals surface area contributed by atoms with Gasteiger partial charge in [0.2, 0.25) is 6.10 Å². The van der Waals surface area contributed by atoms with E-state index >= 15 is 0 Å². The third-order valence-corrected chi connectivity index (χ3v) is 4.56. The van der Waals surface area contributed by atoms with Gasteiger partial charge in [-0.3, -0.25) is 14.9 Å². The van der Waals surface area contributed by atoms with Crippen molar-refractivity contribution in [2.24, 2.45) is 0 Å². The molecule has 0 aliphatic heterocycles. The van der Waals surface area contributed by atoms with E-state index in [0.717, 1.165) is 16.5 Å². The Hall–Kier alpha value is -3.61. The van der Waals surface area contributed by atoms with E-state index < -0.39 is 24.0 Å². The number of H-pyrrole nitrogens is 1. The number of aromatic nitrogens is 1. The number of nitrogens with one attached hydrogen (secondary N) is 3. The number of urea groups is 1. The standard InChI is InChI=1S/C22H23N3O4/c1-23-22(28)25-21(27)20(15-8-3-2-4-9-15)29-19(26)13-7-10-16-14-24-18-12-6-5-11-17(16)18/h2-6,8-9,11-12,14,20,24H,7,10,13H2,1H3,(H2,23,25,27,28)/t20-/m1/s1. The van der Waals surface area contributed by atoms with Gasteiger partial charge in [0, 0.05) is 36.1 Å². The van der Waals surface area contributed by atoms with Gasteiger partial charge in [-0.25, -0.2) is 4.79 Å². The molecule has 3 N–H and O–H groups in total. The molecule has 1 atom stereocenters. The van der Waals surface area contributed by atoms with Crippen LogP contribution in [-0.2, 0) is 20.7 Å². The summed E-state index contributed by atoms with van der Waals surface area (Å²) in [5.74, 6) is -1.19. The molecule has 3 rings (SSSR count). The maximum atomic E-state index is 12.4. The highest BCUT2D eigenvalue weighted by Gasteiger charge is 2.26. The van der Waals surface area contributed by atoms with Crippen molar-refractivity contribution in [3.8, 4) is 0 Å². The van der Waals surface area contributed by atoms with Crippen molar-refractivity contribution >= 4 is 28.8 Å². The molecule has 1 heterocycles. The number of fused-ring (bicyclic) bond motifs is 1. The second-order valence-corrected chi connectivity index (χ2v) is 6.56. The number of aromatic amines is 1. The molecular formula is C22H23N3O4. The molecule has 2 aromatic carbocycles. The Morgan fingerprint density at radius 2 is 1.76 bits per heavy atom. The van der Waals surface area contributed by atoms with Crippen LogP contribution in [0.2, 0.25) is 0 Å². The molecule has 0 fully saturated rings. The van der Waals surface area contributed by atoms with Crippen LogP contribution < -0.4 is 10.6 Å². The highest BCUT2D eigenvalue weighted by Crippen LogP contribution is 2.21. The van der Waals surface area contributed by atoms with Crippen LogP contribution in [0.25, 0.3) is 10.9 Å². The van der Waals surface area contributed by atoms with Gasteiger partial charge in [0.1, 0.15) is 0 Å². The van der Waals surface area contributed by atoms with Crippen LogP contribution in [0.5, 0.6) is 0 Å². The molecule has 3 amide bonds. The number of rotatable bonds is 7. The first-order valence-corrected chi connectivity index (χ1v) is 9.40. The van der Waals surface area contributed by atoms with Gasteiger partial charge in [0.15, 0.2) is 0 Å². The van der Waals surface area contributed by atoms with Crippen LogP contribution in [0.3, 0.4) is 0 Å². The van der Waals surface area contributed by atoms with Crippen LogP contribution in [0.4, 0.5) is 4.79 Å². The lowest BCUT2D eigenvalue weighted by Gasteiger charge is -2.17. The van der Waals surface area contributed by atoms with E-state index in [2.05, 4.69) is 15.6 Å². The predicted molar refractivity (Wildman–Crippen MR) is 109 cm³/mol. The summed E-state index contributed by atoms with van der Waals surface area (Å²) in [4.78, 5) is 39.4. The van der Waals surface area contributed by atoms with E-state index in [9.17, 15) is 14.4 Å². The lowest BCUT2D eigenvalue weighted by molar-refractivity contribution is -0.156. The molecule has 0 aliphatic carbocycles. The SMILES string of the molecule is CNC(=O)NC(=O)[C@H](OC(=O)CCCc1c[nH]c2ccccc12)c1ccccc1. The largest absolute Gasteiger partial charge is 0.447 e. The molecule has 29 heavy (non-hydrogen) atoms. The molecule has 150 valence electrons. The summed E-state index contributed by atoms with van der Waals surface area (Å²) in [6.07, 6.45) is 2.21. The van der Waals surface area contributed by atoms with Crippen molar-refractivity contribution in [2.45, 2.75) is 25.4 Å². The van der Waals surface area contributed by atoms with Crippen LogP contribution in [0.15, 0.2) is 60.8 Å². The molecule has 0 saturated heterocycles. The van der Waals surface area contributed by atoms with E-state index in [4.69, 9.17) is 4.74 Å². The third kappa shape index (κ3) is 5.22. The fourth-order valence-electron chi connectivity index (χ4n) is 3.09. The number of carbonyl (C=O) groups excluding carboxylic acids is 3. The first-order chi connectivity index (χ1) is 14.1. The lowest BCUT2D eigenvalue weighted by Crippen LogP contribution is -2.41. The van der Waals surface area contributed by atoms with Crippen molar-refractivity contribution in [3.05, 3.63) is 71.9 Å². The van der Waals surface area contributed by atoms with Crippen LogP contribution >= 0.6 is 0 Å². The van der Waals surface area contributed by atoms with Gasteiger partial charge in [0.05, 0.1) is 0 Å². The number of imide groups is 1. The number of ether oxygens (including phenoxy) is 1. The van der Waals surface area contributed by atoms with Crippen LogP contribution in [0, 0.1) is 0 Å². The molecule has 0 aliphatic rings. The second kappa shape index (κ2) is 9.54. The van der Waals surface area contributed by atoms with Crippen molar-refractivity contribution in [3.63, 3.8) is 0 Å². The zero-order valence-corrected chi connectivity index (χ0v) is 16.1. The van der Waals surface area contributed by atoms with Gasteiger partial charge in [-0.1, -0.05) is 48.5 Å². The Labute approximate surface area is 168 Å². The fraction of sp³-hybridized carbons (Fsp3) is 0.227. The smallest absolute Gasteiger partial charge is 0.321 e. The summed E-state index contributed by atoms with van der Waals surface area (Å²) in [5, 5.41) is 5.60. The molecule has 0 bridgehead atoms. The number of benzene rings is 2. The zero-order chi connectivity index (χ0) is 20.6. The number of hydrogen-bond acceptors (Lipinski definition) is 4. The predicted octanol–water partition coefficient (Wildman–Crippen LogP) is 3.23. The number of para-hydroxylation sites is 1. The molecule has 3 aromatic rings.